The third kappa shape index (κ3) is 9.94. The van der Waals surface area contributed by atoms with Crippen LogP contribution in [0.4, 0.5) is 0 Å². The van der Waals surface area contributed by atoms with Crippen LogP contribution in [0.25, 0.3) is 0 Å². The molecule has 16 heteroatoms. The third-order valence-corrected chi connectivity index (χ3v) is 9.48. The summed E-state index contributed by atoms with van der Waals surface area (Å²) in [6, 6.07) is 12.7. The summed E-state index contributed by atoms with van der Waals surface area (Å²) in [5.41, 5.74) is 2.70. The van der Waals surface area contributed by atoms with Gasteiger partial charge in [0.05, 0.1) is 25.5 Å². The average Bonchev–Trinajstić information content (AvgIpc) is 3.63. The maximum Gasteiger partial charge on any atom is 0.263 e. The Morgan fingerprint density at radius 3 is 2.51 bits per heavy atom. The van der Waals surface area contributed by atoms with Crippen molar-refractivity contribution in [1.29, 1.82) is 0 Å². The standard InChI is InChI=1S/C39H48N8O8/c1-6-31-24(2)20-29(38(52)45(31)4)39(53)46-16-14-28-23-47(44-43-28)18-19-55-32-13-12-27(22-33(32)54-5)35(49)41-30(21-26-10-8-7-9-11-26)36(50)42-34(25(3)48)37(51)40-15-17-46/h7-13,20,22-23,25,30,34,48H,6,14-19,21H2,1-5H3,(H,40,51)(H,41,49)(H,42,50)/t25-,30-,34+/m1/s1. The Hall–Kier alpha value is -6.03. The molecule has 2 aromatic heterocycles. The first-order valence-corrected chi connectivity index (χ1v) is 18.2. The number of hydrogen-bond donors (Lipinski definition) is 4. The van der Waals surface area contributed by atoms with Crippen molar-refractivity contribution in [3.8, 4) is 11.5 Å². The lowest BCUT2D eigenvalue weighted by atomic mass is 10.0. The van der Waals surface area contributed by atoms with Crippen LogP contribution in [0.5, 0.6) is 11.5 Å². The number of nitrogens with one attached hydrogen (secondary N) is 3. The number of aliphatic hydroxyl groups is 1. The summed E-state index contributed by atoms with van der Waals surface area (Å²) in [7, 11) is 3.08. The Morgan fingerprint density at radius 1 is 1.04 bits per heavy atom. The van der Waals surface area contributed by atoms with Gasteiger partial charge in [0.25, 0.3) is 17.4 Å². The van der Waals surface area contributed by atoms with Crippen LogP contribution in [0.3, 0.4) is 0 Å². The van der Waals surface area contributed by atoms with Crippen LogP contribution in [0.1, 0.15) is 57.1 Å². The van der Waals surface area contributed by atoms with Gasteiger partial charge in [-0.05, 0) is 55.7 Å². The van der Waals surface area contributed by atoms with Gasteiger partial charge in [-0.2, -0.15) is 0 Å². The predicted molar refractivity (Wildman–Crippen MR) is 202 cm³/mol. The highest BCUT2D eigenvalue weighted by atomic mass is 16.5. The van der Waals surface area contributed by atoms with E-state index in [-0.39, 0.29) is 43.8 Å². The molecule has 6 rings (SSSR count). The molecule has 4 heterocycles. The average molecular weight is 757 g/mol. The Bertz CT molecular complexity index is 2060. The minimum absolute atomic E-state index is 0.00347. The van der Waals surface area contributed by atoms with Crippen LogP contribution in [-0.4, -0.2) is 105 Å². The summed E-state index contributed by atoms with van der Waals surface area (Å²) < 4.78 is 14.5. The second-order valence-electron chi connectivity index (χ2n) is 13.4. The van der Waals surface area contributed by atoms with Crippen LogP contribution in [0, 0.1) is 6.92 Å². The van der Waals surface area contributed by atoms with Gasteiger partial charge in [-0.3, -0.25) is 24.0 Å². The van der Waals surface area contributed by atoms with E-state index in [1.165, 1.54) is 29.6 Å². The number of carbonyl (C=O) groups excluding carboxylic acids is 4. The van der Waals surface area contributed by atoms with Crippen molar-refractivity contribution in [2.45, 2.75) is 64.8 Å². The van der Waals surface area contributed by atoms with E-state index in [1.54, 1.807) is 60.4 Å². The van der Waals surface area contributed by atoms with Gasteiger partial charge in [0, 0.05) is 57.0 Å². The van der Waals surface area contributed by atoms with E-state index < -0.39 is 47.4 Å². The number of hydrogen-bond acceptors (Lipinski definition) is 10. The van der Waals surface area contributed by atoms with E-state index in [9.17, 15) is 29.1 Å². The fourth-order valence-corrected chi connectivity index (χ4v) is 6.46. The minimum Gasteiger partial charge on any atom is -0.493 e. The molecule has 16 nitrogen and oxygen atoms in total. The monoisotopic (exact) mass is 756 g/mol. The molecule has 0 radical (unpaired) electrons. The maximum absolute atomic E-state index is 14.0. The van der Waals surface area contributed by atoms with Gasteiger partial charge >= 0.3 is 0 Å². The zero-order chi connectivity index (χ0) is 39.6. The SMILES string of the molecule is CCc1c(C)cc(C(=O)N2CCNC(=O)[C@H]([C@@H](C)O)NC(=O)[C@@H](Cc3ccccc3)NC(=O)c3ccc(c(OC)c3)OCCn3cc(nn3)CC2)c(=O)n1C. The lowest BCUT2D eigenvalue weighted by molar-refractivity contribution is -0.132. The minimum atomic E-state index is -1.41. The summed E-state index contributed by atoms with van der Waals surface area (Å²) in [6.07, 6.45) is 1.40. The molecule has 4 amide bonds. The molecule has 0 unspecified atom stereocenters. The van der Waals surface area contributed by atoms with Gasteiger partial charge in [0.15, 0.2) is 11.5 Å². The van der Waals surface area contributed by atoms with Crippen LogP contribution in [0.15, 0.2) is 65.6 Å². The van der Waals surface area contributed by atoms with Crippen molar-refractivity contribution in [2.75, 3.05) is 33.4 Å². The second-order valence-corrected chi connectivity index (χ2v) is 13.4. The Morgan fingerprint density at radius 2 is 1.80 bits per heavy atom. The highest BCUT2D eigenvalue weighted by Crippen LogP contribution is 2.28. The topological polar surface area (TPSA) is 199 Å². The summed E-state index contributed by atoms with van der Waals surface area (Å²) in [6.45, 7) is 5.72. The van der Waals surface area contributed by atoms with E-state index in [4.69, 9.17) is 9.47 Å². The molecule has 2 aliphatic rings. The van der Waals surface area contributed by atoms with E-state index in [1.807, 2.05) is 19.9 Å². The van der Waals surface area contributed by atoms with Crippen molar-refractivity contribution in [3.63, 3.8) is 0 Å². The number of carbonyl (C=O) groups is 4. The van der Waals surface area contributed by atoms with Crippen LogP contribution < -0.4 is 31.0 Å². The molecule has 0 saturated heterocycles. The molecule has 0 aliphatic carbocycles. The number of ether oxygens (including phenoxy) is 2. The van der Waals surface area contributed by atoms with Crippen molar-refractivity contribution >= 4 is 23.6 Å². The van der Waals surface area contributed by atoms with Crippen LogP contribution >= 0.6 is 0 Å². The summed E-state index contributed by atoms with van der Waals surface area (Å²) >= 11 is 0. The fraction of sp³-hybridized carbons (Fsp3) is 0.410. The van der Waals surface area contributed by atoms with Gasteiger partial charge in [-0.1, -0.05) is 42.5 Å². The summed E-state index contributed by atoms with van der Waals surface area (Å²) in [5, 5.41) is 27.2. The first-order valence-electron chi connectivity index (χ1n) is 18.2. The first kappa shape index (κ1) is 40.2. The van der Waals surface area contributed by atoms with E-state index in [0.717, 1.165) is 16.8 Å². The van der Waals surface area contributed by atoms with Gasteiger partial charge < -0.3 is 40.0 Å². The molecule has 4 N–H and O–H groups in total. The molecule has 2 aliphatic heterocycles. The smallest absolute Gasteiger partial charge is 0.263 e. The molecule has 3 atom stereocenters. The summed E-state index contributed by atoms with van der Waals surface area (Å²) in [4.78, 5) is 69.7. The van der Waals surface area contributed by atoms with Crippen molar-refractivity contribution in [3.05, 3.63) is 105 Å². The fourth-order valence-electron chi connectivity index (χ4n) is 6.46. The van der Waals surface area contributed by atoms with Gasteiger partial charge in [0.1, 0.15) is 24.3 Å². The molecule has 55 heavy (non-hydrogen) atoms. The van der Waals surface area contributed by atoms with E-state index in [2.05, 4.69) is 26.3 Å². The first-order chi connectivity index (χ1) is 26.4. The molecule has 0 fully saturated rings. The zero-order valence-electron chi connectivity index (χ0n) is 31.7. The van der Waals surface area contributed by atoms with Gasteiger partial charge in [-0.15, -0.1) is 5.10 Å². The second kappa shape index (κ2) is 18.3. The number of benzene rings is 2. The number of nitrogens with zero attached hydrogens (tertiary/aromatic N) is 5. The highest BCUT2D eigenvalue weighted by Gasteiger charge is 2.31. The molecule has 4 bridgehead atoms. The quantitative estimate of drug-likeness (QED) is 0.206. The van der Waals surface area contributed by atoms with E-state index in [0.29, 0.717) is 36.6 Å². The number of aromatic nitrogens is 4. The number of fused-ring (bicyclic) bond motifs is 16. The van der Waals surface area contributed by atoms with Gasteiger partial charge in [-0.25, -0.2) is 4.68 Å². The lowest BCUT2D eigenvalue weighted by Gasteiger charge is -2.26. The Balaban J connectivity index is 1.46. The summed E-state index contributed by atoms with van der Waals surface area (Å²) in [5.74, 6) is -1.84. The number of aliphatic hydroxyl groups excluding tert-OH is 1. The van der Waals surface area contributed by atoms with Crippen molar-refractivity contribution in [2.24, 2.45) is 7.05 Å². The van der Waals surface area contributed by atoms with Crippen LogP contribution in [-0.2, 0) is 42.4 Å². The molecule has 4 aromatic rings. The highest BCUT2D eigenvalue weighted by molar-refractivity contribution is 5.99. The predicted octanol–water partition coefficient (Wildman–Crippen LogP) is 0.957. The molecule has 292 valence electrons. The molecule has 0 saturated carbocycles. The van der Waals surface area contributed by atoms with Crippen LogP contribution in [0.2, 0.25) is 0 Å². The number of methoxy groups -OCH3 is 1. The maximum atomic E-state index is 14.0. The number of rotatable bonds is 6. The van der Waals surface area contributed by atoms with Gasteiger partial charge in [0.2, 0.25) is 11.8 Å². The largest absolute Gasteiger partial charge is 0.493 e. The zero-order valence-corrected chi connectivity index (χ0v) is 31.7. The lowest BCUT2D eigenvalue weighted by Crippen LogP contribution is -2.58. The third-order valence-electron chi connectivity index (χ3n) is 9.48. The Labute approximate surface area is 318 Å². The van der Waals surface area contributed by atoms with Crippen molar-refractivity contribution < 1.29 is 33.8 Å². The molecule has 2 aromatic carbocycles. The number of amides is 4. The van der Waals surface area contributed by atoms with E-state index >= 15 is 0 Å². The molecular weight excluding hydrogens is 708 g/mol. The number of pyridine rings is 1. The molecule has 0 spiro atoms. The van der Waals surface area contributed by atoms with Crippen molar-refractivity contribution in [1.82, 2.24) is 40.4 Å². The number of aryl methyl sites for hydroxylation is 1. The normalized spacial score (nSPS) is 18.1. The Kier molecular flexibility index (Phi) is 13.4. The molecular formula is C39H48N8O8.